The molecule has 8 nitrogen and oxygen atoms in total. The van der Waals surface area contributed by atoms with Crippen LogP contribution in [0.2, 0.25) is 0 Å². The number of rotatable bonds is 8. The minimum Gasteiger partial charge on any atom is -0.334 e. The van der Waals surface area contributed by atoms with E-state index in [4.69, 9.17) is 0 Å². The normalized spacial score (nSPS) is 13.5. The minimum atomic E-state index is -1.22. The van der Waals surface area contributed by atoms with Crippen LogP contribution in [0.15, 0.2) is 65.6 Å². The summed E-state index contributed by atoms with van der Waals surface area (Å²) in [5, 5.41) is -0.834. The van der Waals surface area contributed by atoms with Crippen molar-refractivity contribution in [2.75, 3.05) is 0 Å². The number of hydrogen-bond acceptors (Lipinski definition) is 9. The van der Waals surface area contributed by atoms with Crippen LogP contribution in [-0.4, -0.2) is 9.13 Å². The molecule has 0 aliphatic carbocycles. The number of nitrogens with zero attached hydrogens (tertiary/aromatic N) is 4. The average molecular weight is 801 g/mol. The van der Waals surface area contributed by atoms with Gasteiger partial charge >= 0.3 is 0 Å². The predicted octanol–water partition coefficient (Wildman–Crippen LogP) is 9.33. The first-order valence-corrected chi connectivity index (χ1v) is 20.2. The van der Waals surface area contributed by atoms with Crippen LogP contribution in [0.4, 0.5) is 27.6 Å². The van der Waals surface area contributed by atoms with Gasteiger partial charge in [-0.2, -0.15) is 0 Å². The van der Waals surface area contributed by atoms with Crippen molar-refractivity contribution in [3.05, 3.63) is 111 Å². The number of hydrogen-bond donors (Lipinski definition) is 0. The molecule has 15 heteroatoms. The smallest absolute Gasteiger partial charge is 0.216 e. The number of thiophene rings is 3. The first kappa shape index (κ1) is 35.6. The summed E-state index contributed by atoms with van der Waals surface area (Å²) >= 11 is 4.23. The van der Waals surface area contributed by atoms with Gasteiger partial charge in [-0.05, 0) is 63.1 Å². The maximum Gasteiger partial charge on any atom is 0.216 e. The molecule has 5 aromatic heterocycles. The zero-order valence-corrected chi connectivity index (χ0v) is 32.1. The molecule has 0 amide bonds. The number of fused-ring (bicyclic) bond motifs is 9. The van der Waals surface area contributed by atoms with Crippen molar-refractivity contribution >= 4 is 106 Å². The van der Waals surface area contributed by atoms with E-state index in [9.17, 15) is 36.7 Å². The Bertz CT molecular complexity index is 3100. The highest BCUT2D eigenvalue weighted by molar-refractivity contribution is 7.35. The molecule has 55 heavy (non-hydrogen) atoms. The van der Waals surface area contributed by atoms with Crippen LogP contribution in [0.1, 0.15) is 65.5 Å². The molecule has 2 unspecified atom stereocenters. The van der Waals surface area contributed by atoms with Crippen LogP contribution in [-0.2, 0) is 0 Å². The van der Waals surface area contributed by atoms with Crippen LogP contribution >= 0.6 is 34.0 Å². The summed E-state index contributed by atoms with van der Waals surface area (Å²) < 4.78 is 64.4. The standard InChI is InChI=1S/C40H28F4N4O4S3/c1-5-7-15(3)47-25-13-27(45-29-33(49)17-9-21(41)22(42)10-18(17)34(29)50)53-37(25)39-31(47)32-40(55-39)38-26(48(32)16(4)8-6-2)14-28(54-38)46-30-35(51)19-11-23(43)24(44)12-20(19)36(30)52/h9-16H,5-8H2,1-4H3. The van der Waals surface area contributed by atoms with Crippen molar-refractivity contribution in [1.29, 1.82) is 0 Å². The van der Waals surface area contributed by atoms with Gasteiger partial charge < -0.3 is 9.13 Å². The number of aromatic nitrogens is 2. The highest BCUT2D eigenvalue weighted by Gasteiger charge is 2.29. The fourth-order valence-electron chi connectivity index (χ4n) is 7.93. The third-order valence-corrected chi connectivity index (χ3v) is 13.9. The lowest BCUT2D eigenvalue weighted by atomic mass is 10.2. The Labute approximate surface area is 318 Å². The van der Waals surface area contributed by atoms with E-state index in [1.807, 2.05) is 12.1 Å². The van der Waals surface area contributed by atoms with Crippen LogP contribution in [0.3, 0.4) is 0 Å². The van der Waals surface area contributed by atoms with E-state index in [1.54, 1.807) is 11.3 Å². The molecule has 0 spiro atoms. The van der Waals surface area contributed by atoms with Gasteiger partial charge in [-0.15, -0.1) is 34.0 Å². The molecule has 5 heterocycles. The van der Waals surface area contributed by atoms with Crippen molar-refractivity contribution in [3.63, 3.8) is 0 Å². The Morgan fingerprint density at radius 3 is 1.16 bits per heavy atom. The summed E-state index contributed by atoms with van der Waals surface area (Å²) in [6.07, 6.45) is 3.55. The molecular formula is C40H28F4N4O4S3. The molecule has 0 fully saturated rings. The molecule has 0 bridgehead atoms. The third kappa shape index (κ3) is 5.12. The lowest BCUT2D eigenvalue weighted by Crippen LogP contribution is -2.31. The molecular weight excluding hydrogens is 773 g/mol. The van der Waals surface area contributed by atoms with Crippen LogP contribution < -0.4 is 32.4 Å². The van der Waals surface area contributed by atoms with Gasteiger partial charge in [0.15, 0.2) is 34.0 Å². The first-order valence-electron chi connectivity index (χ1n) is 17.7. The second-order valence-electron chi connectivity index (χ2n) is 13.9. The maximum absolute atomic E-state index is 14.0. The van der Waals surface area contributed by atoms with E-state index in [0.29, 0.717) is 10.0 Å². The molecule has 2 atom stereocenters. The highest BCUT2D eigenvalue weighted by Crippen LogP contribution is 2.52. The maximum atomic E-state index is 14.0. The van der Waals surface area contributed by atoms with Crippen LogP contribution in [0, 0.1) is 23.3 Å². The Hall–Kier alpha value is -5.12. The largest absolute Gasteiger partial charge is 0.334 e. The summed E-state index contributed by atoms with van der Waals surface area (Å²) in [6.45, 7) is 8.51. The fraction of sp³-hybridized carbons (Fsp3) is 0.250. The van der Waals surface area contributed by atoms with Gasteiger partial charge in [-0.25, -0.2) is 27.5 Å². The molecule has 0 saturated carbocycles. The second kappa shape index (κ2) is 12.7. The second-order valence-corrected chi connectivity index (χ2v) is 17.0. The zero-order chi connectivity index (χ0) is 38.8. The van der Waals surface area contributed by atoms with Gasteiger partial charge in [0.2, 0.25) is 21.7 Å². The van der Waals surface area contributed by atoms with E-state index in [2.05, 4.69) is 46.8 Å². The quantitative estimate of drug-likeness (QED) is 0.143. The average Bonchev–Trinajstić information content (AvgIpc) is 3.99. The topological polar surface area (TPSA) is 103 Å². The lowest BCUT2D eigenvalue weighted by Gasteiger charge is -2.18. The Kier molecular flexibility index (Phi) is 8.22. The number of halogens is 4. The van der Waals surface area contributed by atoms with Crippen molar-refractivity contribution in [1.82, 2.24) is 9.13 Å². The summed E-state index contributed by atoms with van der Waals surface area (Å²) in [7, 11) is 0. The molecule has 0 N–H and O–H groups in total. The van der Waals surface area contributed by atoms with Crippen molar-refractivity contribution in [3.8, 4) is 0 Å². The summed E-state index contributed by atoms with van der Waals surface area (Å²) in [5.74, 6) is -4.87. The molecule has 0 aliphatic rings. The Morgan fingerprint density at radius 1 is 0.527 bits per heavy atom. The van der Waals surface area contributed by atoms with Gasteiger partial charge in [0.25, 0.3) is 0 Å². The summed E-state index contributed by atoms with van der Waals surface area (Å²) in [5.41, 5.74) is 0.821. The van der Waals surface area contributed by atoms with Crippen LogP contribution in [0.25, 0.3) is 62.4 Å². The summed E-state index contributed by atoms with van der Waals surface area (Å²) in [4.78, 5) is 61.7. The van der Waals surface area contributed by atoms with E-state index in [1.165, 1.54) is 22.7 Å². The van der Waals surface area contributed by atoms with Gasteiger partial charge in [-0.1, -0.05) is 26.7 Å². The lowest BCUT2D eigenvalue weighted by molar-refractivity contribution is 0.511. The predicted molar refractivity (Wildman–Crippen MR) is 213 cm³/mol. The summed E-state index contributed by atoms with van der Waals surface area (Å²) in [6, 6.07) is 6.75. The van der Waals surface area contributed by atoms with Crippen molar-refractivity contribution < 1.29 is 17.6 Å². The first-order chi connectivity index (χ1) is 26.3. The molecule has 0 radical (unpaired) electrons. The Morgan fingerprint density at radius 2 is 0.855 bits per heavy atom. The van der Waals surface area contributed by atoms with E-state index >= 15 is 0 Å². The van der Waals surface area contributed by atoms with Gasteiger partial charge in [0.05, 0.1) is 40.9 Å². The molecule has 9 rings (SSSR count). The number of benzene rings is 2. The highest BCUT2D eigenvalue weighted by atomic mass is 32.1. The monoisotopic (exact) mass is 800 g/mol. The molecule has 0 saturated heterocycles. The minimum absolute atomic E-state index is 0.0448. The zero-order valence-electron chi connectivity index (χ0n) is 29.6. The van der Waals surface area contributed by atoms with Crippen molar-refractivity contribution in [2.24, 2.45) is 9.98 Å². The van der Waals surface area contributed by atoms with Crippen molar-refractivity contribution in [2.45, 2.75) is 65.5 Å². The molecule has 9 aromatic rings. The fourth-order valence-corrected chi connectivity index (χ4v) is 11.6. The van der Waals surface area contributed by atoms with Gasteiger partial charge in [-0.3, -0.25) is 19.2 Å². The Balaban J connectivity index is 1.31. The molecule has 4 aromatic carbocycles. The van der Waals surface area contributed by atoms with Gasteiger partial charge in [0, 0.05) is 33.6 Å². The van der Waals surface area contributed by atoms with E-state index in [0.717, 1.165) is 90.8 Å². The van der Waals surface area contributed by atoms with Gasteiger partial charge in [0.1, 0.15) is 10.0 Å². The van der Waals surface area contributed by atoms with E-state index < -0.39 is 55.7 Å². The van der Waals surface area contributed by atoms with E-state index in [-0.39, 0.29) is 33.6 Å². The van der Waals surface area contributed by atoms with Crippen LogP contribution in [0.5, 0.6) is 0 Å². The molecule has 0 aliphatic heterocycles. The molecule has 278 valence electrons. The third-order valence-electron chi connectivity index (χ3n) is 10.4. The SMILES string of the molecule is CCCC(C)n1c2cc(N=c3c(=O)c4cc(F)c(F)cc4c3=O)sc2c2sc3c4sc(N=c5c(=O)c6cc(F)c(F)cc6c5=O)cc4n(C(C)CCC)c3c21.